The number of hydrogen-bond acceptors (Lipinski definition) is 7. The number of carboxylic acid groups (broad SMARTS) is 1. The van der Waals surface area contributed by atoms with Crippen molar-refractivity contribution in [3.63, 3.8) is 0 Å². The zero-order valence-electron chi connectivity index (χ0n) is 27.8. The number of imidazole rings is 1. The van der Waals surface area contributed by atoms with Crippen molar-refractivity contribution in [3.05, 3.63) is 65.5 Å². The van der Waals surface area contributed by atoms with Gasteiger partial charge in [-0.1, -0.05) is 55.8 Å². The fourth-order valence-corrected chi connectivity index (χ4v) is 6.60. The van der Waals surface area contributed by atoms with Crippen LogP contribution in [0.5, 0.6) is 0 Å². The summed E-state index contributed by atoms with van der Waals surface area (Å²) < 4.78 is 2.27. The predicted octanol–water partition coefficient (Wildman–Crippen LogP) is 4.50. The Balaban J connectivity index is 1.35. The molecule has 1 aliphatic heterocycles. The molecule has 0 unspecified atom stereocenters. The number of nitrogens with two attached hydrogens (primary N) is 1. The number of aryl methyl sites for hydroxylation is 2. The fourth-order valence-electron chi connectivity index (χ4n) is 6.60. The molecule has 1 fully saturated rings. The second-order valence-electron chi connectivity index (χ2n) is 12.7. The van der Waals surface area contributed by atoms with Crippen LogP contribution < -0.4 is 5.73 Å². The van der Waals surface area contributed by atoms with E-state index >= 15 is 0 Å². The largest absolute Gasteiger partial charge is 0.481 e. The minimum atomic E-state index is -0.873. The van der Waals surface area contributed by atoms with Gasteiger partial charge in [0.05, 0.1) is 24.0 Å². The topological polar surface area (TPSA) is 138 Å². The summed E-state index contributed by atoms with van der Waals surface area (Å²) in [5.41, 5.74) is 10.6. The van der Waals surface area contributed by atoms with Gasteiger partial charge >= 0.3 is 5.97 Å². The number of rotatable bonds is 14. The molecule has 0 atom stereocenters. The standard InChI is InChI=1S/C36H47N7O4/c1-4-5-11-31-39-34-35(29-9-6-7-10-30(29)38-36(34)37)43(31)19-8-18-42(23-27-14-12-26(13-15-27)22-33(46)47)32(45)24-40(3)28-16-20-41(21-17-28)25(2)44/h6-7,9-10,12-15,28H,4-5,8,11,16-24H2,1-3H3,(H2,37,38)(H,46,47). The Morgan fingerprint density at radius 2 is 1.70 bits per heavy atom. The molecule has 3 N–H and O–H groups in total. The summed E-state index contributed by atoms with van der Waals surface area (Å²) in [5.74, 6) is 0.669. The molecule has 2 aromatic heterocycles. The van der Waals surface area contributed by atoms with E-state index in [1.54, 1.807) is 6.92 Å². The minimum Gasteiger partial charge on any atom is -0.481 e. The highest BCUT2D eigenvalue weighted by Crippen LogP contribution is 2.29. The van der Waals surface area contributed by atoms with Crippen LogP contribution in [-0.2, 0) is 40.3 Å². The van der Waals surface area contributed by atoms with E-state index in [0.29, 0.717) is 45.0 Å². The van der Waals surface area contributed by atoms with Crippen molar-refractivity contribution >= 4 is 45.5 Å². The molecule has 11 heteroatoms. The van der Waals surface area contributed by atoms with Crippen molar-refractivity contribution < 1.29 is 19.5 Å². The molecule has 250 valence electrons. The molecule has 0 spiro atoms. The van der Waals surface area contributed by atoms with Crippen LogP contribution in [0.1, 0.15) is 62.9 Å². The molecule has 5 rings (SSSR count). The Kier molecular flexibility index (Phi) is 11.1. The van der Waals surface area contributed by atoms with Gasteiger partial charge in [-0.05, 0) is 49.9 Å². The highest BCUT2D eigenvalue weighted by Gasteiger charge is 2.26. The number of likely N-dealkylation sites (N-methyl/N-ethyl adjacent to an activating group) is 1. The number of aromatic nitrogens is 3. The minimum absolute atomic E-state index is 0.0376. The van der Waals surface area contributed by atoms with Gasteiger partial charge in [0.1, 0.15) is 11.3 Å². The van der Waals surface area contributed by atoms with Gasteiger partial charge in [0.15, 0.2) is 5.82 Å². The number of fused-ring (bicyclic) bond motifs is 3. The molecule has 0 saturated carbocycles. The number of piperidine rings is 1. The van der Waals surface area contributed by atoms with Crippen molar-refractivity contribution in [2.75, 3.05) is 39.0 Å². The third-order valence-electron chi connectivity index (χ3n) is 9.28. The maximum atomic E-state index is 13.9. The van der Waals surface area contributed by atoms with Crippen LogP contribution in [0.4, 0.5) is 5.82 Å². The normalized spacial score (nSPS) is 13.9. The maximum Gasteiger partial charge on any atom is 0.307 e. The molecule has 1 saturated heterocycles. The summed E-state index contributed by atoms with van der Waals surface area (Å²) in [4.78, 5) is 52.4. The number of carboxylic acids is 1. The summed E-state index contributed by atoms with van der Waals surface area (Å²) in [6.45, 7) is 7.10. The van der Waals surface area contributed by atoms with Crippen LogP contribution in [0.25, 0.3) is 21.9 Å². The van der Waals surface area contributed by atoms with Crippen LogP contribution in [0, 0.1) is 0 Å². The van der Waals surface area contributed by atoms with Gasteiger partial charge < -0.3 is 25.2 Å². The molecule has 0 aliphatic carbocycles. The van der Waals surface area contributed by atoms with E-state index in [9.17, 15) is 19.5 Å². The highest BCUT2D eigenvalue weighted by atomic mass is 16.4. The average Bonchev–Trinajstić information content (AvgIpc) is 3.43. The lowest BCUT2D eigenvalue weighted by atomic mass is 10.0. The lowest BCUT2D eigenvalue weighted by molar-refractivity contribution is -0.136. The van der Waals surface area contributed by atoms with Gasteiger partial charge in [0.2, 0.25) is 11.8 Å². The third kappa shape index (κ3) is 8.26. The summed E-state index contributed by atoms with van der Waals surface area (Å²) in [5, 5.41) is 10.2. The number of benzene rings is 2. The van der Waals surface area contributed by atoms with E-state index in [2.05, 4.69) is 27.4 Å². The number of pyridine rings is 1. The number of likely N-dealkylation sites (tertiary alicyclic amines) is 1. The quantitative estimate of drug-likeness (QED) is 0.205. The Labute approximate surface area is 276 Å². The van der Waals surface area contributed by atoms with Gasteiger partial charge in [0.25, 0.3) is 0 Å². The van der Waals surface area contributed by atoms with Crippen molar-refractivity contribution in [1.82, 2.24) is 29.2 Å². The lowest BCUT2D eigenvalue weighted by Crippen LogP contribution is -2.48. The maximum absolute atomic E-state index is 13.9. The molecule has 11 nitrogen and oxygen atoms in total. The molecular formula is C36H47N7O4. The Hall–Kier alpha value is -4.51. The van der Waals surface area contributed by atoms with Crippen LogP contribution in [0.3, 0.4) is 0 Å². The number of anilines is 1. The van der Waals surface area contributed by atoms with Crippen molar-refractivity contribution in [2.45, 2.75) is 77.9 Å². The first-order valence-electron chi connectivity index (χ1n) is 16.7. The Morgan fingerprint density at radius 3 is 2.38 bits per heavy atom. The zero-order chi connectivity index (χ0) is 33.5. The first kappa shape index (κ1) is 33.8. The number of carbonyl (C=O) groups excluding carboxylic acids is 2. The van der Waals surface area contributed by atoms with Crippen molar-refractivity contribution in [2.24, 2.45) is 0 Å². The number of hydrogen-bond donors (Lipinski definition) is 2. The predicted molar refractivity (Wildman–Crippen MR) is 184 cm³/mol. The number of nitrogens with zero attached hydrogens (tertiary/aromatic N) is 6. The van der Waals surface area contributed by atoms with Gasteiger partial charge in [-0.2, -0.15) is 0 Å². The zero-order valence-corrected chi connectivity index (χ0v) is 27.8. The van der Waals surface area contributed by atoms with E-state index in [1.807, 2.05) is 59.3 Å². The van der Waals surface area contributed by atoms with E-state index < -0.39 is 5.97 Å². The first-order valence-corrected chi connectivity index (χ1v) is 16.7. The SMILES string of the molecule is CCCCc1nc2c(N)nc3ccccc3c2n1CCCN(Cc1ccc(CC(=O)O)cc1)C(=O)CN(C)C1CCN(C(C)=O)CC1. The average molecular weight is 642 g/mol. The summed E-state index contributed by atoms with van der Waals surface area (Å²) in [6, 6.07) is 15.7. The summed E-state index contributed by atoms with van der Waals surface area (Å²) >= 11 is 0. The molecule has 2 aromatic carbocycles. The number of para-hydroxylation sites is 1. The van der Waals surface area contributed by atoms with Crippen molar-refractivity contribution in [3.8, 4) is 0 Å². The lowest BCUT2D eigenvalue weighted by Gasteiger charge is -2.37. The van der Waals surface area contributed by atoms with E-state index in [0.717, 1.165) is 71.0 Å². The smallest absolute Gasteiger partial charge is 0.307 e. The van der Waals surface area contributed by atoms with Gasteiger partial charge in [0, 0.05) is 57.5 Å². The van der Waals surface area contributed by atoms with Crippen LogP contribution in [0.2, 0.25) is 0 Å². The van der Waals surface area contributed by atoms with Crippen LogP contribution in [-0.4, -0.2) is 91.4 Å². The molecule has 4 aromatic rings. The Morgan fingerprint density at radius 1 is 1.00 bits per heavy atom. The molecule has 0 radical (unpaired) electrons. The van der Waals surface area contributed by atoms with Gasteiger partial charge in [-0.3, -0.25) is 19.3 Å². The number of aliphatic carboxylic acids is 1. The first-order chi connectivity index (χ1) is 22.6. The second kappa shape index (κ2) is 15.4. The molecule has 47 heavy (non-hydrogen) atoms. The Bertz CT molecular complexity index is 1710. The monoisotopic (exact) mass is 641 g/mol. The van der Waals surface area contributed by atoms with Gasteiger partial charge in [-0.15, -0.1) is 0 Å². The molecule has 1 aliphatic rings. The fraction of sp³-hybridized carbons (Fsp3) is 0.472. The number of nitrogen functional groups attached to an aromatic ring is 1. The molecule has 2 amide bonds. The third-order valence-corrected chi connectivity index (χ3v) is 9.28. The number of unbranched alkanes of at least 4 members (excludes halogenated alkanes) is 1. The number of carbonyl (C=O) groups is 3. The van der Waals surface area contributed by atoms with Crippen molar-refractivity contribution in [1.29, 1.82) is 0 Å². The number of amides is 2. The van der Waals surface area contributed by atoms with E-state index in [1.165, 1.54) is 0 Å². The van der Waals surface area contributed by atoms with Gasteiger partial charge in [-0.25, -0.2) is 9.97 Å². The summed E-state index contributed by atoms with van der Waals surface area (Å²) in [6.07, 6.45) is 5.25. The summed E-state index contributed by atoms with van der Waals surface area (Å²) in [7, 11) is 1.99. The molecule has 3 heterocycles. The molecule has 0 bridgehead atoms. The second-order valence-corrected chi connectivity index (χ2v) is 12.7. The molecular weight excluding hydrogens is 594 g/mol. The van der Waals surface area contributed by atoms with E-state index in [4.69, 9.17) is 10.7 Å². The highest BCUT2D eigenvalue weighted by molar-refractivity contribution is 6.06. The van der Waals surface area contributed by atoms with Crippen LogP contribution >= 0.6 is 0 Å². The van der Waals surface area contributed by atoms with E-state index in [-0.39, 0.29) is 30.8 Å². The van der Waals surface area contributed by atoms with Crippen LogP contribution in [0.15, 0.2) is 48.5 Å².